The first-order valence-electron chi connectivity index (χ1n) is 9.24. The van der Waals surface area contributed by atoms with Crippen LogP contribution in [0.25, 0.3) is 0 Å². The second-order valence-electron chi connectivity index (χ2n) is 7.79. The minimum Gasteiger partial charge on any atom is -0.376 e. The van der Waals surface area contributed by atoms with E-state index < -0.39 is 23.5 Å². The van der Waals surface area contributed by atoms with Gasteiger partial charge in [-0.3, -0.25) is 0 Å². The zero-order chi connectivity index (χ0) is 20.9. The Balaban J connectivity index is 1.48. The van der Waals surface area contributed by atoms with Crippen molar-refractivity contribution in [2.75, 3.05) is 13.2 Å². The molecular weight excluding hydrogens is 396 g/mol. The fourth-order valence-electron chi connectivity index (χ4n) is 4.31. The van der Waals surface area contributed by atoms with Gasteiger partial charge < -0.3 is 10.1 Å². The van der Waals surface area contributed by atoms with Gasteiger partial charge in [-0.2, -0.15) is 26.3 Å². The van der Waals surface area contributed by atoms with Gasteiger partial charge in [-0.05, 0) is 48.2 Å². The van der Waals surface area contributed by atoms with Crippen molar-refractivity contribution in [2.45, 2.75) is 31.4 Å². The van der Waals surface area contributed by atoms with Gasteiger partial charge in [0.2, 0.25) is 0 Å². The van der Waals surface area contributed by atoms with E-state index in [0.29, 0.717) is 5.92 Å². The van der Waals surface area contributed by atoms with Crippen LogP contribution in [0.5, 0.6) is 0 Å². The van der Waals surface area contributed by atoms with Crippen LogP contribution in [0.2, 0.25) is 0 Å². The third-order valence-electron chi connectivity index (χ3n) is 5.84. The molecule has 1 N–H and O–H groups in total. The summed E-state index contributed by atoms with van der Waals surface area (Å²) < 4.78 is 83.6. The lowest BCUT2D eigenvalue weighted by atomic mass is 9.91. The second kappa shape index (κ2) is 7.02. The monoisotopic (exact) mass is 415 g/mol. The van der Waals surface area contributed by atoms with Gasteiger partial charge in [-0.1, -0.05) is 30.3 Å². The molecule has 0 radical (unpaired) electrons. The van der Waals surface area contributed by atoms with Crippen molar-refractivity contribution in [1.29, 1.82) is 0 Å². The molecule has 1 heterocycles. The van der Waals surface area contributed by atoms with Crippen LogP contribution in [0.15, 0.2) is 48.5 Å². The molecule has 2 aromatic carbocycles. The molecule has 2 aliphatic rings. The molecule has 1 saturated heterocycles. The number of fused-ring (bicyclic) bond motifs is 1. The molecule has 2 fully saturated rings. The van der Waals surface area contributed by atoms with E-state index in [-0.39, 0.29) is 36.3 Å². The van der Waals surface area contributed by atoms with Gasteiger partial charge in [0, 0.05) is 11.5 Å². The van der Waals surface area contributed by atoms with Gasteiger partial charge in [0.15, 0.2) is 0 Å². The van der Waals surface area contributed by atoms with E-state index in [1.54, 1.807) is 0 Å². The topological polar surface area (TPSA) is 21.3 Å². The molecule has 1 saturated carbocycles. The lowest BCUT2D eigenvalue weighted by molar-refractivity contribution is -0.143. The number of ether oxygens (including phenoxy) is 1. The quantitative estimate of drug-likeness (QED) is 0.643. The molecule has 0 aromatic heterocycles. The highest BCUT2D eigenvalue weighted by atomic mass is 19.4. The SMILES string of the molecule is FC(F)(F)c1cc(COC[C@@]23CC2CN[C@H]3c2ccccc2)cc(C(F)(F)F)c1. The number of benzene rings is 2. The molecule has 0 spiro atoms. The number of rotatable bonds is 5. The van der Waals surface area contributed by atoms with Crippen molar-refractivity contribution in [1.82, 2.24) is 5.32 Å². The Morgan fingerprint density at radius 3 is 2.10 bits per heavy atom. The summed E-state index contributed by atoms with van der Waals surface area (Å²) in [5, 5.41) is 3.44. The van der Waals surface area contributed by atoms with Gasteiger partial charge >= 0.3 is 12.4 Å². The van der Waals surface area contributed by atoms with Crippen LogP contribution in [-0.4, -0.2) is 13.2 Å². The number of alkyl halides is 6. The van der Waals surface area contributed by atoms with Crippen molar-refractivity contribution >= 4 is 0 Å². The molecule has 29 heavy (non-hydrogen) atoms. The van der Waals surface area contributed by atoms with E-state index in [2.05, 4.69) is 5.32 Å². The molecule has 156 valence electrons. The second-order valence-corrected chi connectivity index (χ2v) is 7.79. The van der Waals surface area contributed by atoms with Crippen LogP contribution in [0.1, 0.15) is 34.7 Å². The average Bonchev–Trinajstić information content (AvgIpc) is 3.24. The Kier molecular flexibility index (Phi) is 4.90. The third kappa shape index (κ3) is 4.00. The summed E-state index contributed by atoms with van der Waals surface area (Å²) in [6.45, 7) is 0.801. The molecule has 1 aliphatic heterocycles. The Morgan fingerprint density at radius 1 is 0.931 bits per heavy atom. The highest BCUT2D eigenvalue weighted by molar-refractivity contribution is 5.33. The fraction of sp³-hybridized carbons (Fsp3) is 0.429. The molecular formula is C21H19F6NO. The van der Waals surface area contributed by atoms with E-state index in [0.717, 1.165) is 30.7 Å². The molecule has 0 amide bonds. The average molecular weight is 415 g/mol. The maximum absolute atomic E-state index is 13.0. The van der Waals surface area contributed by atoms with Crippen LogP contribution in [0.4, 0.5) is 26.3 Å². The molecule has 1 unspecified atom stereocenters. The Hall–Kier alpha value is -2.06. The number of hydrogen-bond donors (Lipinski definition) is 1. The van der Waals surface area contributed by atoms with Gasteiger partial charge in [0.05, 0.1) is 24.3 Å². The van der Waals surface area contributed by atoms with Gasteiger partial charge in [0.1, 0.15) is 0 Å². The van der Waals surface area contributed by atoms with Crippen molar-refractivity contribution in [2.24, 2.45) is 11.3 Å². The lowest BCUT2D eigenvalue weighted by Crippen LogP contribution is -2.26. The van der Waals surface area contributed by atoms with Gasteiger partial charge in [-0.15, -0.1) is 0 Å². The van der Waals surface area contributed by atoms with Crippen LogP contribution < -0.4 is 5.32 Å². The highest BCUT2D eigenvalue weighted by Gasteiger charge is 2.63. The van der Waals surface area contributed by atoms with E-state index in [4.69, 9.17) is 4.74 Å². The standard InChI is InChI=1S/C21H19F6NO/c22-20(23,24)15-6-13(7-16(8-15)21(25,26)27)11-29-12-19-9-17(19)10-28-18(19)14-4-2-1-3-5-14/h1-8,17-18,28H,9-12H2/t17?,18-,19-/m0/s1. The number of nitrogens with one attached hydrogen (secondary N) is 1. The predicted molar refractivity (Wildman–Crippen MR) is 93.8 cm³/mol. The summed E-state index contributed by atoms with van der Waals surface area (Å²) in [7, 11) is 0. The third-order valence-corrected chi connectivity index (χ3v) is 5.84. The Morgan fingerprint density at radius 2 is 1.55 bits per heavy atom. The van der Waals surface area contributed by atoms with Crippen molar-refractivity contribution in [3.63, 3.8) is 0 Å². The van der Waals surface area contributed by atoms with Gasteiger partial charge in [-0.25, -0.2) is 0 Å². The zero-order valence-electron chi connectivity index (χ0n) is 15.3. The van der Waals surface area contributed by atoms with Crippen LogP contribution >= 0.6 is 0 Å². The molecule has 1 aliphatic carbocycles. The lowest BCUT2D eigenvalue weighted by Gasteiger charge is -2.24. The molecule has 8 heteroatoms. The predicted octanol–water partition coefficient (Wildman–Crippen LogP) is 5.59. The minimum absolute atomic E-state index is 0.0703. The summed E-state index contributed by atoms with van der Waals surface area (Å²) in [5.41, 5.74) is -1.83. The van der Waals surface area contributed by atoms with Crippen molar-refractivity contribution in [3.05, 3.63) is 70.8 Å². The summed E-state index contributed by atoms with van der Waals surface area (Å²) in [6.07, 6.45) is -8.79. The molecule has 0 bridgehead atoms. The van der Waals surface area contributed by atoms with E-state index >= 15 is 0 Å². The highest BCUT2D eigenvalue weighted by Crippen LogP contribution is 2.63. The van der Waals surface area contributed by atoms with E-state index in [1.165, 1.54) is 0 Å². The molecule has 4 rings (SSSR count). The fourth-order valence-corrected chi connectivity index (χ4v) is 4.31. The largest absolute Gasteiger partial charge is 0.416 e. The van der Waals surface area contributed by atoms with Crippen molar-refractivity contribution < 1.29 is 31.1 Å². The Labute approximate surface area is 163 Å². The first kappa shape index (κ1) is 20.2. The number of halogens is 6. The van der Waals surface area contributed by atoms with E-state index in [9.17, 15) is 26.3 Å². The maximum atomic E-state index is 13.0. The van der Waals surface area contributed by atoms with E-state index in [1.807, 2.05) is 30.3 Å². The normalized spacial score (nSPS) is 26.4. The summed E-state index contributed by atoms with van der Waals surface area (Å²) >= 11 is 0. The number of hydrogen-bond acceptors (Lipinski definition) is 2. The van der Waals surface area contributed by atoms with Crippen LogP contribution in [0, 0.1) is 11.3 Å². The summed E-state index contributed by atoms with van der Waals surface area (Å²) in [5.74, 6) is 0.403. The molecule has 2 aromatic rings. The van der Waals surface area contributed by atoms with Crippen LogP contribution in [0.3, 0.4) is 0 Å². The molecule has 3 atom stereocenters. The Bertz CT molecular complexity index is 847. The maximum Gasteiger partial charge on any atom is 0.416 e. The zero-order valence-corrected chi connectivity index (χ0v) is 15.3. The smallest absolute Gasteiger partial charge is 0.376 e. The van der Waals surface area contributed by atoms with Gasteiger partial charge in [0.25, 0.3) is 0 Å². The number of piperidine rings is 1. The summed E-state index contributed by atoms with van der Waals surface area (Å²) in [6, 6.07) is 11.4. The first-order valence-corrected chi connectivity index (χ1v) is 9.24. The first-order chi connectivity index (χ1) is 13.6. The minimum atomic E-state index is -4.86. The van der Waals surface area contributed by atoms with Crippen LogP contribution in [-0.2, 0) is 23.7 Å². The molecule has 2 nitrogen and oxygen atoms in total. The summed E-state index contributed by atoms with van der Waals surface area (Å²) in [4.78, 5) is 0. The van der Waals surface area contributed by atoms with Crippen molar-refractivity contribution in [3.8, 4) is 0 Å².